The summed E-state index contributed by atoms with van der Waals surface area (Å²) in [6.45, 7) is 1.95. The molecule has 1 aromatic rings. The summed E-state index contributed by atoms with van der Waals surface area (Å²) in [6.07, 6.45) is 1.66. The molecule has 0 bridgehead atoms. The Morgan fingerprint density at radius 1 is 1.27 bits per heavy atom. The predicted molar refractivity (Wildman–Crippen MR) is 109 cm³/mol. The van der Waals surface area contributed by atoms with Gasteiger partial charge in [0.2, 0.25) is 11.8 Å². The molecule has 3 aliphatic rings. The van der Waals surface area contributed by atoms with Crippen LogP contribution in [0, 0.1) is 0 Å². The molecule has 4 rings (SSSR count). The van der Waals surface area contributed by atoms with Crippen molar-refractivity contribution < 1.29 is 27.5 Å². The summed E-state index contributed by atoms with van der Waals surface area (Å²) in [5.74, 6) is 0.0482. The Kier molecular flexibility index (Phi) is 5.34. The van der Waals surface area contributed by atoms with Crippen LogP contribution in [0.5, 0.6) is 5.75 Å². The minimum absolute atomic E-state index is 0.00554. The minimum atomic E-state index is -3.10. The molecule has 0 saturated carbocycles. The lowest BCUT2D eigenvalue weighted by Gasteiger charge is -2.37. The number of hydrogen-bond donors (Lipinski definition) is 1. The largest absolute Gasteiger partial charge is 0.486 e. The van der Waals surface area contributed by atoms with Crippen LogP contribution >= 0.6 is 0 Å². The molecule has 1 spiro atoms. The Balaban J connectivity index is 1.44. The number of Topliss-reactive ketones (excluding diaryl/α,β-unsaturated/α-hetero) is 1. The smallest absolute Gasteiger partial charge is 0.242 e. The van der Waals surface area contributed by atoms with Crippen molar-refractivity contribution in [3.8, 4) is 5.75 Å². The van der Waals surface area contributed by atoms with Gasteiger partial charge in [-0.15, -0.1) is 0 Å². The molecular weight excluding hydrogens is 408 g/mol. The Morgan fingerprint density at radius 2 is 2.03 bits per heavy atom. The summed E-state index contributed by atoms with van der Waals surface area (Å²) in [6, 6.07) is 6.00. The van der Waals surface area contributed by atoms with E-state index in [1.54, 1.807) is 25.1 Å². The van der Waals surface area contributed by atoms with Crippen molar-refractivity contribution in [2.24, 2.45) is 0 Å². The summed E-state index contributed by atoms with van der Waals surface area (Å²) in [5, 5.41) is 2.77. The van der Waals surface area contributed by atoms with Crippen LogP contribution in [0.4, 0.5) is 0 Å². The number of nitrogens with one attached hydrogen (secondary N) is 1. The number of benzene rings is 1. The van der Waals surface area contributed by atoms with E-state index in [2.05, 4.69) is 5.32 Å². The molecule has 9 heteroatoms. The summed E-state index contributed by atoms with van der Waals surface area (Å²) in [7, 11) is -3.10. The fraction of sp³-hybridized carbons (Fsp3) is 0.571. The lowest BCUT2D eigenvalue weighted by atomic mass is 9.84. The van der Waals surface area contributed by atoms with Crippen molar-refractivity contribution in [2.45, 2.75) is 56.7 Å². The fourth-order valence-corrected chi connectivity index (χ4v) is 6.23. The van der Waals surface area contributed by atoms with Crippen LogP contribution < -0.4 is 10.1 Å². The molecule has 0 radical (unpaired) electrons. The first-order valence-electron chi connectivity index (χ1n) is 10.3. The number of likely N-dealkylation sites (tertiary alicyclic amines) is 1. The minimum Gasteiger partial charge on any atom is -0.486 e. The molecular formula is C21H26N2O6S. The molecule has 0 aromatic heterocycles. The molecule has 2 fully saturated rings. The van der Waals surface area contributed by atoms with Crippen molar-refractivity contribution in [1.29, 1.82) is 0 Å². The average molecular weight is 435 g/mol. The van der Waals surface area contributed by atoms with Gasteiger partial charge in [0.05, 0.1) is 23.5 Å². The number of amides is 2. The lowest BCUT2D eigenvalue weighted by Crippen LogP contribution is -2.51. The maximum atomic E-state index is 12.8. The molecule has 2 saturated heterocycles. The predicted octanol–water partition coefficient (Wildman–Crippen LogP) is 1.09. The highest BCUT2D eigenvalue weighted by Gasteiger charge is 2.44. The number of ketones is 1. The molecule has 30 heavy (non-hydrogen) atoms. The van der Waals surface area contributed by atoms with Gasteiger partial charge >= 0.3 is 0 Å². The monoisotopic (exact) mass is 434 g/mol. The Hall–Kier alpha value is -2.42. The van der Waals surface area contributed by atoms with Crippen LogP contribution in [0.1, 0.15) is 49.4 Å². The fourth-order valence-electron chi connectivity index (χ4n) is 4.56. The van der Waals surface area contributed by atoms with Gasteiger partial charge in [-0.2, -0.15) is 0 Å². The van der Waals surface area contributed by atoms with E-state index in [-0.39, 0.29) is 41.9 Å². The summed E-state index contributed by atoms with van der Waals surface area (Å²) < 4.78 is 29.5. The Morgan fingerprint density at radius 3 is 2.77 bits per heavy atom. The van der Waals surface area contributed by atoms with E-state index in [1.807, 2.05) is 6.07 Å². The number of hydrogen-bond acceptors (Lipinski definition) is 6. The normalized spacial score (nSPS) is 29.1. The zero-order chi connectivity index (χ0) is 21.5. The van der Waals surface area contributed by atoms with Gasteiger partial charge in [0.25, 0.3) is 0 Å². The van der Waals surface area contributed by atoms with Gasteiger partial charge in [0.1, 0.15) is 17.4 Å². The SMILES string of the molecule is CC(C(=O)NC1CCS(=O)(=O)C1)N1CCC2(CCC1=O)CC(=O)c1ccccc1O2. The van der Waals surface area contributed by atoms with Gasteiger partial charge in [0, 0.05) is 25.4 Å². The van der Waals surface area contributed by atoms with Crippen LogP contribution in [-0.4, -0.2) is 66.7 Å². The third-order valence-corrected chi connectivity index (χ3v) is 8.11. The molecule has 3 aliphatic heterocycles. The zero-order valence-electron chi connectivity index (χ0n) is 16.9. The summed E-state index contributed by atoms with van der Waals surface area (Å²) in [5.41, 5.74) is -0.180. The second-order valence-corrected chi connectivity index (χ2v) is 10.7. The number of carbonyl (C=O) groups is 3. The van der Waals surface area contributed by atoms with E-state index in [9.17, 15) is 22.8 Å². The number of sulfone groups is 1. The van der Waals surface area contributed by atoms with Crippen LogP contribution in [-0.2, 0) is 19.4 Å². The summed E-state index contributed by atoms with van der Waals surface area (Å²) >= 11 is 0. The Labute approximate surface area is 175 Å². The highest BCUT2D eigenvalue weighted by Crippen LogP contribution is 2.39. The van der Waals surface area contributed by atoms with Crippen LogP contribution in [0.3, 0.4) is 0 Å². The maximum absolute atomic E-state index is 12.8. The first kappa shape index (κ1) is 20.8. The molecule has 2 amide bonds. The highest BCUT2D eigenvalue weighted by atomic mass is 32.2. The van der Waals surface area contributed by atoms with E-state index in [0.717, 1.165) is 0 Å². The van der Waals surface area contributed by atoms with Crippen molar-refractivity contribution in [1.82, 2.24) is 10.2 Å². The molecule has 8 nitrogen and oxygen atoms in total. The van der Waals surface area contributed by atoms with Gasteiger partial charge in [-0.25, -0.2) is 8.42 Å². The van der Waals surface area contributed by atoms with Gasteiger partial charge in [-0.3, -0.25) is 14.4 Å². The first-order valence-corrected chi connectivity index (χ1v) is 12.1. The number of carbonyl (C=O) groups excluding carboxylic acids is 3. The molecule has 3 heterocycles. The standard InChI is InChI=1S/C21H26N2O6S/c1-14(20(26)22-15-7-11-30(27,28)13-15)23-10-9-21(8-6-19(23)25)12-17(24)16-4-2-3-5-18(16)29-21/h2-5,14-15H,6-13H2,1H3,(H,22,26). The third-order valence-electron chi connectivity index (χ3n) is 6.35. The molecule has 1 aromatic carbocycles. The summed E-state index contributed by atoms with van der Waals surface area (Å²) in [4.78, 5) is 39.6. The second-order valence-electron chi connectivity index (χ2n) is 8.50. The third kappa shape index (κ3) is 4.08. The zero-order valence-corrected chi connectivity index (χ0v) is 17.7. The second kappa shape index (κ2) is 7.68. The lowest BCUT2D eigenvalue weighted by molar-refractivity contribution is -0.139. The van der Waals surface area contributed by atoms with Crippen LogP contribution in [0.2, 0.25) is 0 Å². The van der Waals surface area contributed by atoms with Crippen molar-refractivity contribution in [3.05, 3.63) is 29.8 Å². The van der Waals surface area contributed by atoms with Gasteiger partial charge in [-0.05, 0) is 31.9 Å². The first-order chi connectivity index (χ1) is 14.2. The van der Waals surface area contributed by atoms with E-state index in [4.69, 9.17) is 4.74 Å². The van der Waals surface area contributed by atoms with Crippen molar-refractivity contribution >= 4 is 27.4 Å². The maximum Gasteiger partial charge on any atom is 0.242 e. The van der Waals surface area contributed by atoms with Crippen LogP contribution in [0.15, 0.2) is 24.3 Å². The van der Waals surface area contributed by atoms with Crippen molar-refractivity contribution in [3.63, 3.8) is 0 Å². The number of nitrogens with zero attached hydrogens (tertiary/aromatic N) is 1. The number of ether oxygens (including phenoxy) is 1. The number of rotatable bonds is 3. The molecule has 162 valence electrons. The molecule has 0 aliphatic carbocycles. The van der Waals surface area contributed by atoms with Gasteiger partial charge in [-0.1, -0.05) is 12.1 Å². The van der Waals surface area contributed by atoms with Crippen molar-refractivity contribution in [2.75, 3.05) is 18.1 Å². The molecule has 3 unspecified atom stereocenters. The van der Waals surface area contributed by atoms with Gasteiger partial charge in [0.15, 0.2) is 15.6 Å². The number of para-hydroxylation sites is 1. The van der Waals surface area contributed by atoms with E-state index >= 15 is 0 Å². The molecule has 3 atom stereocenters. The average Bonchev–Trinajstić information content (AvgIpc) is 2.96. The van der Waals surface area contributed by atoms with E-state index < -0.39 is 27.5 Å². The Bertz CT molecular complexity index is 991. The quantitative estimate of drug-likeness (QED) is 0.763. The topological polar surface area (TPSA) is 110 Å². The van der Waals surface area contributed by atoms with E-state index in [1.165, 1.54) is 4.90 Å². The highest BCUT2D eigenvalue weighted by molar-refractivity contribution is 7.91. The van der Waals surface area contributed by atoms with Crippen LogP contribution in [0.25, 0.3) is 0 Å². The number of fused-ring (bicyclic) bond motifs is 1. The molecule has 1 N–H and O–H groups in total. The van der Waals surface area contributed by atoms with E-state index in [0.29, 0.717) is 37.1 Å². The van der Waals surface area contributed by atoms with Gasteiger partial charge < -0.3 is 15.0 Å².